The third kappa shape index (κ3) is 3.51. The Bertz CT molecular complexity index is 827. The van der Waals surface area contributed by atoms with Crippen LogP contribution in [0.5, 0.6) is 0 Å². The predicted octanol–water partition coefficient (Wildman–Crippen LogP) is 3.58. The van der Waals surface area contributed by atoms with E-state index in [1.54, 1.807) is 6.20 Å². The number of aromatic nitrogens is 2. The number of halogens is 1. The number of amides is 1. The average molecular weight is 373 g/mol. The van der Waals surface area contributed by atoms with Crippen molar-refractivity contribution in [3.63, 3.8) is 0 Å². The molecule has 2 atom stereocenters. The minimum atomic E-state index is -0.00420. The van der Waals surface area contributed by atoms with Crippen molar-refractivity contribution in [3.05, 3.63) is 46.2 Å². The van der Waals surface area contributed by atoms with E-state index in [0.29, 0.717) is 17.5 Å². The molecule has 1 aromatic heterocycles. The molecule has 2 unspecified atom stereocenters. The van der Waals surface area contributed by atoms with Crippen LogP contribution in [-0.4, -0.2) is 34.3 Å². The smallest absolute Gasteiger partial charge is 0.255 e. The van der Waals surface area contributed by atoms with Crippen LogP contribution in [0.1, 0.15) is 60.1 Å². The number of carbonyl (C=O) groups is 1. The van der Waals surface area contributed by atoms with Gasteiger partial charge in [0.1, 0.15) is 0 Å². The maximum atomic E-state index is 12.9. The lowest BCUT2D eigenvalue weighted by Crippen LogP contribution is -2.46. The normalized spacial score (nSPS) is 23.0. The Hall–Kier alpha value is -1.85. The van der Waals surface area contributed by atoms with Gasteiger partial charge >= 0.3 is 0 Å². The lowest BCUT2D eigenvalue weighted by atomic mass is 10.00. The summed E-state index contributed by atoms with van der Waals surface area (Å²) in [4.78, 5) is 12.9. The van der Waals surface area contributed by atoms with E-state index in [1.165, 1.54) is 0 Å². The van der Waals surface area contributed by atoms with E-state index in [1.807, 2.05) is 29.8 Å². The first-order chi connectivity index (χ1) is 12.5. The van der Waals surface area contributed by atoms with Crippen molar-refractivity contribution in [1.82, 2.24) is 20.4 Å². The van der Waals surface area contributed by atoms with Crippen molar-refractivity contribution >= 4 is 17.5 Å². The van der Waals surface area contributed by atoms with Gasteiger partial charge in [0, 0.05) is 23.0 Å². The van der Waals surface area contributed by atoms with E-state index in [2.05, 4.69) is 22.7 Å². The zero-order valence-corrected chi connectivity index (χ0v) is 16.0. The molecular weight excluding hydrogens is 348 g/mol. The van der Waals surface area contributed by atoms with Gasteiger partial charge in [-0.1, -0.05) is 17.7 Å². The van der Waals surface area contributed by atoms with Gasteiger partial charge in [-0.15, -0.1) is 0 Å². The summed E-state index contributed by atoms with van der Waals surface area (Å²) >= 11 is 6.30. The first-order valence-corrected chi connectivity index (χ1v) is 9.79. The van der Waals surface area contributed by atoms with E-state index in [0.717, 1.165) is 54.2 Å². The van der Waals surface area contributed by atoms with Gasteiger partial charge in [0.2, 0.25) is 0 Å². The molecule has 0 bridgehead atoms. The first kappa shape index (κ1) is 17.6. The Morgan fingerprint density at radius 2 is 2.15 bits per heavy atom. The van der Waals surface area contributed by atoms with Gasteiger partial charge in [0.25, 0.3) is 5.91 Å². The van der Waals surface area contributed by atoms with Gasteiger partial charge in [0.05, 0.1) is 23.1 Å². The summed E-state index contributed by atoms with van der Waals surface area (Å²) in [5.74, 6) is 0.403. The van der Waals surface area contributed by atoms with E-state index in [9.17, 15) is 4.79 Å². The van der Waals surface area contributed by atoms with Gasteiger partial charge < -0.3 is 10.6 Å². The number of aryl methyl sites for hydroxylation is 1. The number of nitrogens with zero attached hydrogens (tertiary/aromatic N) is 2. The lowest BCUT2D eigenvalue weighted by Gasteiger charge is -2.28. The van der Waals surface area contributed by atoms with Crippen molar-refractivity contribution in [3.8, 4) is 5.69 Å². The Labute approximate surface area is 159 Å². The maximum absolute atomic E-state index is 12.9. The zero-order valence-electron chi connectivity index (χ0n) is 15.3. The monoisotopic (exact) mass is 372 g/mol. The standard InChI is InChI=1S/C20H25ClN4O/c1-12-3-6-16(10-18(12)21)25-19(14-4-5-14)17(11-23-25)20(26)24-15-7-8-22-13(2)9-15/h3,6,10-11,13-15,22H,4-5,7-9H2,1-2H3,(H,24,26). The highest BCUT2D eigenvalue weighted by Gasteiger charge is 2.33. The summed E-state index contributed by atoms with van der Waals surface area (Å²) in [7, 11) is 0. The Morgan fingerprint density at radius 3 is 2.85 bits per heavy atom. The van der Waals surface area contributed by atoms with Crippen LogP contribution in [0.2, 0.25) is 5.02 Å². The Kier molecular flexibility index (Phi) is 4.76. The van der Waals surface area contributed by atoms with Crippen LogP contribution in [0.3, 0.4) is 0 Å². The fraction of sp³-hybridized carbons (Fsp3) is 0.500. The molecular formula is C20H25ClN4O. The molecule has 6 heteroatoms. The van der Waals surface area contributed by atoms with Crippen LogP contribution in [0, 0.1) is 6.92 Å². The first-order valence-electron chi connectivity index (χ1n) is 9.41. The summed E-state index contributed by atoms with van der Waals surface area (Å²) in [6.07, 6.45) is 5.86. The third-order valence-electron chi connectivity index (χ3n) is 5.37. The van der Waals surface area contributed by atoms with Gasteiger partial charge in [-0.3, -0.25) is 4.79 Å². The minimum absolute atomic E-state index is 0.00420. The molecule has 2 fully saturated rings. The topological polar surface area (TPSA) is 59.0 Å². The zero-order chi connectivity index (χ0) is 18.3. The highest BCUT2D eigenvalue weighted by Crippen LogP contribution is 2.42. The molecule has 0 spiro atoms. The third-order valence-corrected chi connectivity index (χ3v) is 5.78. The van der Waals surface area contributed by atoms with Crippen LogP contribution < -0.4 is 10.6 Å². The van der Waals surface area contributed by atoms with Crippen LogP contribution in [0.15, 0.2) is 24.4 Å². The van der Waals surface area contributed by atoms with Crippen molar-refractivity contribution < 1.29 is 4.79 Å². The molecule has 1 saturated heterocycles. The van der Waals surface area contributed by atoms with E-state index >= 15 is 0 Å². The molecule has 1 amide bonds. The maximum Gasteiger partial charge on any atom is 0.255 e. The summed E-state index contributed by atoms with van der Waals surface area (Å²) in [6.45, 7) is 5.09. The number of nitrogens with one attached hydrogen (secondary N) is 2. The van der Waals surface area contributed by atoms with E-state index < -0.39 is 0 Å². The molecule has 1 aliphatic heterocycles. The van der Waals surface area contributed by atoms with Crippen LogP contribution in [0.4, 0.5) is 0 Å². The molecule has 0 radical (unpaired) electrons. The lowest BCUT2D eigenvalue weighted by molar-refractivity contribution is 0.0924. The highest BCUT2D eigenvalue weighted by molar-refractivity contribution is 6.31. The minimum Gasteiger partial charge on any atom is -0.349 e. The molecule has 1 aromatic carbocycles. The molecule has 5 nitrogen and oxygen atoms in total. The number of hydrogen-bond acceptors (Lipinski definition) is 3. The Morgan fingerprint density at radius 1 is 1.35 bits per heavy atom. The second-order valence-corrected chi connectivity index (χ2v) is 8.02. The van der Waals surface area contributed by atoms with E-state index in [4.69, 9.17) is 11.6 Å². The van der Waals surface area contributed by atoms with Crippen LogP contribution in [-0.2, 0) is 0 Å². The molecule has 2 aliphatic rings. The molecule has 138 valence electrons. The van der Waals surface area contributed by atoms with Crippen molar-refractivity contribution in [2.45, 2.75) is 57.5 Å². The second kappa shape index (κ2) is 7.05. The van der Waals surface area contributed by atoms with Crippen molar-refractivity contribution in [2.24, 2.45) is 0 Å². The number of benzene rings is 1. The summed E-state index contributed by atoms with van der Waals surface area (Å²) < 4.78 is 1.89. The molecule has 26 heavy (non-hydrogen) atoms. The molecule has 1 aliphatic carbocycles. The highest BCUT2D eigenvalue weighted by atomic mass is 35.5. The summed E-state index contributed by atoms with van der Waals surface area (Å²) in [6, 6.07) is 6.59. The average Bonchev–Trinajstić information content (AvgIpc) is 3.35. The molecule has 4 rings (SSSR count). The Balaban J connectivity index is 1.61. The van der Waals surface area contributed by atoms with Gasteiger partial charge in [-0.2, -0.15) is 5.10 Å². The number of carbonyl (C=O) groups excluding carboxylic acids is 1. The number of rotatable bonds is 4. The van der Waals surface area contributed by atoms with Crippen molar-refractivity contribution in [2.75, 3.05) is 6.54 Å². The van der Waals surface area contributed by atoms with Crippen LogP contribution >= 0.6 is 11.6 Å². The van der Waals surface area contributed by atoms with Crippen molar-refractivity contribution in [1.29, 1.82) is 0 Å². The number of piperidine rings is 1. The quantitative estimate of drug-likeness (QED) is 0.862. The fourth-order valence-corrected chi connectivity index (χ4v) is 3.90. The SMILES string of the molecule is Cc1ccc(-n2ncc(C(=O)NC3CCNC(C)C3)c2C2CC2)cc1Cl. The molecule has 2 heterocycles. The summed E-state index contributed by atoms with van der Waals surface area (Å²) in [5, 5.41) is 11.9. The van der Waals surface area contributed by atoms with E-state index in [-0.39, 0.29) is 11.9 Å². The second-order valence-electron chi connectivity index (χ2n) is 7.61. The predicted molar refractivity (Wildman–Crippen MR) is 103 cm³/mol. The van der Waals surface area contributed by atoms with Gasteiger partial charge in [-0.05, 0) is 63.8 Å². The molecule has 2 N–H and O–H groups in total. The largest absolute Gasteiger partial charge is 0.349 e. The fourth-order valence-electron chi connectivity index (χ4n) is 3.73. The van der Waals surface area contributed by atoms with Gasteiger partial charge in [-0.25, -0.2) is 4.68 Å². The molecule has 2 aromatic rings. The molecule has 1 saturated carbocycles. The summed E-state index contributed by atoms with van der Waals surface area (Å²) in [5.41, 5.74) is 3.67. The number of hydrogen-bond donors (Lipinski definition) is 2. The van der Waals surface area contributed by atoms with Crippen LogP contribution in [0.25, 0.3) is 5.69 Å². The van der Waals surface area contributed by atoms with Gasteiger partial charge in [0.15, 0.2) is 0 Å².